The number of aryl methyl sites for hydroxylation is 2. The quantitative estimate of drug-likeness (QED) is 0.906. The average molecular weight is 304 g/mol. The molecule has 5 heteroatoms. The van der Waals surface area contributed by atoms with Gasteiger partial charge >= 0.3 is 0 Å². The van der Waals surface area contributed by atoms with E-state index in [-0.39, 0.29) is 30.2 Å². The molecule has 22 heavy (non-hydrogen) atoms. The number of nitrogens with one attached hydrogen (secondary N) is 1. The minimum absolute atomic E-state index is 0.00332. The third-order valence-electron chi connectivity index (χ3n) is 4.11. The molecule has 0 bridgehead atoms. The Balaban J connectivity index is 2.00. The largest absolute Gasteiger partial charge is 0.383 e. The van der Waals surface area contributed by atoms with Crippen molar-refractivity contribution < 1.29 is 14.3 Å². The molecule has 0 saturated carbocycles. The summed E-state index contributed by atoms with van der Waals surface area (Å²) in [5, 5.41) is 2.94. The van der Waals surface area contributed by atoms with Crippen molar-refractivity contribution in [1.82, 2.24) is 4.90 Å². The molecule has 5 nitrogen and oxygen atoms in total. The van der Waals surface area contributed by atoms with Crippen LogP contribution >= 0.6 is 0 Å². The minimum Gasteiger partial charge on any atom is -0.383 e. The summed E-state index contributed by atoms with van der Waals surface area (Å²) >= 11 is 0. The second-order valence-electron chi connectivity index (χ2n) is 6.06. The highest BCUT2D eigenvalue weighted by Crippen LogP contribution is 2.23. The van der Waals surface area contributed by atoms with Gasteiger partial charge in [-0.3, -0.25) is 9.59 Å². The highest BCUT2D eigenvalue weighted by atomic mass is 16.5. The van der Waals surface area contributed by atoms with Gasteiger partial charge in [0.25, 0.3) is 0 Å². The summed E-state index contributed by atoms with van der Waals surface area (Å²) < 4.78 is 5.09. The van der Waals surface area contributed by atoms with Gasteiger partial charge in [0.05, 0.1) is 18.6 Å². The standard InChI is InChI=1S/C17H24N2O3/c1-11-5-6-15(12(2)7-11)18-17(21)14-8-16(20)19(9-14)13(3)10-22-4/h5-7,13-14H,8-10H2,1-4H3,(H,18,21)/t13-,14-/m0/s1. The lowest BCUT2D eigenvalue weighted by atomic mass is 10.1. The van der Waals surface area contributed by atoms with Crippen molar-refractivity contribution in [2.24, 2.45) is 5.92 Å². The van der Waals surface area contributed by atoms with Crippen LogP contribution in [0.15, 0.2) is 18.2 Å². The highest BCUT2D eigenvalue weighted by Gasteiger charge is 2.36. The monoisotopic (exact) mass is 304 g/mol. The second kappa shape index (κ2) is 6.92. The first-order chi connectivity index (χ1) is 10.4. The van der Waals surface area contributed by atoms with E-state index in [1.165, 1.54) is 0 Å². The number of ether oxygens (including phenoxy) is 1. The molecule has 0 aromatic heterocycles. The molecule has 0 radical (unpaired) electrons. The number of methoxy groups -OCH3 is 1. The summed E-state index contributed by atoms with van der Waals surface area (Å²) in [5.41, 5.74) is 3.00. The number of hydrogen-bond acceptors (Lipinski definition) is 3. The van der Waals surface area contributed by atoms with E-state index >= 15 is 0 Å². The van der Waals surface area contributed by atoms with Gasteiger partial charge in [-0.05, 0) is 32.4 Å². The Hall–Kier alpha value is -1.88. The first kappa shape index (κ1) is 16.5. The van der Waals surface area contributed by atoms with Crippen molar-refractivity contribution in [1.29, 1.82) is 0 Å². The predicted octanol–water partition coefficient (Wildman–Crippen LogP) is 2.13. The van der Waals surface area contributed by atoms with E-state index in [0.717, 1.165) is 16.8 Å². The Morgan fingerprint density at radius 3 is 2.82 bits per heavy atom. The van der Waals surface area contributed by atoms with Crippen LogP contribution in [0.4, 0.5) is 5.69 Å². The van der Waals surface area contributed by atoms with Crippen molar-refractivity contribution >= 4 is 17.5 Å². The van der Waals surface area contributed by atoms with Gasteiger partial charge in [-0.1, -0.05) is 17.7 Å². The molecule has 2 rings (SSSR count). The SMILES string of the molecule is COC[C@H](C)N1C[C@@H](C(=O)Nc2ccc(C)cc2C)CC1=O. The van der Waals surface area contributed by atoms with Crippen molar-refractivity contribution in [3.05, 3.63) is 29.3 Å². The molecule has 0 aliphatic carbocycles. The molecule has 2 atom stereocenters. The van der Waals surface area contributed by atoms with E-state index in [2.05, 4.69) is 5.32 Å². The van der Waals surface area contributed by atoms with E-state index in [9.17, 15) is 9.59 Å². The van der Waals surface area contributed by atoms with Gasteiger partial charge in [0.2, 0.25) is 11.8 Å². The molecule has 1 N–H and O–H groups in total. The van der Waals surface area contributed by atoms with Gasteiger partial charge in [-0.2, -0.15) is 0 Å². The van der Waals surface area contributed by atoms with Crippen LogP contribution in [0, 0.1) is 19.8 Å². The van der Waals surface area contributed by atoms with E-state index in [1.807, 2.05) is 39.0 Å². The Bertz CT molecular complexity index is 571. The van der Waals surface area contributed by atoms with Crippen molar-refractivity contribution in [3.63, 3.8) is 0 Å². The number of anilines is 1. The Morgan fingerprint density at radius 1 is 1.45 bits per heavy atom. The first-order valence-corrected chi connectivity index (χ1v) is 7.59. The number of carbonyl (C=O) groups is 2. The third kappa shape index (κ3) is 3.65. The minimum atomic E-state index is -0.299. The van der Waals surface area contributed by atoms with Gasteiger partial charge in [0.1, 0.15) is 0 Å². The number of benzene rings is 1. The van der Waals surface area contributed by atoms with Crippen LogP contribution in [0.3, 0.4) is 0 Å². The van der Waals surface area contributed by atoms with Gasteiger partial charge in [0.15, 0.2) is 0 Å². The van der Waals surface area contributed by atoms with Crippen molar-refractivity contribution in [2.45, 2.75) is 33.2 Å². The Kier molecular flexibility index (Phi) is 5.19. The molecule has 0 unspecified atom stereocenters. The summed E-state index contributed by atoms with van der Waals surface area (Å²) in [7, 11) is 1.61. The number of carbonyl (C=O) groups excluding carboxylic acids is 2. The van der Waals surface area contributed by atoms with Crippen molar-refractivity contribution in [2.75, 3.05) is 25.6 Å². The molecular formula is C17H24N2O3. The number of rotatable bonds is 5. The van der Waals surface area contributed by atoms with E-state index in [4.69, 9.17) is 4.74 Å². The molecule has 1 fully saturated rings. The smallest absolute Gasteiger partial charge is 0.229 e. The maximum absolute atomic E-state index is 12.4. The number of likely N-dealkylation sites (tertiary alicyclic amines) is 1. The fourth-order valence-electron chi connectivity index (χ4n) is 2.85. The summed E-state index contributed by atoms with van der Waals surface area (Å²) in [6.45, 7) is 6.86. The Morgan fingerprint density at radius 2 is 2.18 bits per heavy atom. The van der Waals surface area contributed by atoms with Gasteiger partial charge in [0, 0.05) is 25.8 Å². The molecule has 0 spiro atoms. The topological polar surface area (TPSA) is 58.6 Å². The number of amides is 2. The molecule has 1 aliphatic heterocycles. The molecule has 1 aromatic carbocycles. The molecule has 1 aliphatic rings. The lowest BCUT2D eigenvalue weighted by Crippen LogP contribution is -2.38. The highest BCUT2D eigenvalue weighted by molar-refractivity contribution is 5.97. The average Bonchev–Trinajstić information content (AvgIpc) is 2.84. The lowest BCUT2D eigenvalue weighted by Gasteiger charge is -2.24. The zero-order valence-electron chi connectivity index (χ0n) is 13.7. The fourth-order valence-corrected chi connectivity index (χ4v) is 2.85. The van der Waals surface area contributed by atoms with Crippen LogP contribution < -0.4 is 5.32 Å². The molecule has 2 amide bonds. The maximum Gasteiger partial charge on any atom is 0.229 e. The van der Waals surface area contributed by atoms with Crippen LogP contribution in [0.5, 0.6) is 0 Å². The van der Waals surface area contributed by atoms with Crippen LogP contribution in [-0.2, 0) is 14.3 Å². The van der Waals surface area contributed by atoms with Crippen LogP contribution in [-0.4, -0.2) is 43.0 Å². The fraction of sp³-hybridized carbons (Fsp3) is 0.529. The van der Waals surface area contributed by atoms with Crippen molar-refractivity contribution in [3.8, 4) is 0 Å². The van der Waals surface area contributed by atoms with E-state index in [1.54, 1.807) is 12.0 Å². The van der Waals surface area contributed by atoms with Gasteiger partial charge in [-0.25, -0.2) is 0 Å². The molecular weight excluding hydrogens is 280 g/mol. The van der Waals surface area contributed by atoms with Crippen LogP contribution in [0.1, 0.15) is 24.5 Å². The number of hydrogen-bond donors (Lipinski definition) is 1. The number of nitrogens with zero attached hydrogens (tertiary/aromatic N) is 1. The molecule has 120 valence electrons. The molecule has 1 heterocycles. The lowest BCUT2D eigenvalue weighted by molar-refractivity contribution is -0.130. The molecule has 1 saturated heterocycles. The maximum atomic E-state index is 12.4. The Labute approximate surface area is 131 Å². The van der Waals surface area contributed by atoms with E-state index < -0.39 is 0 Å². The summed E-state index contributed by atoms with van der Waals surface area (Å²) in [5.74, 6) is -0.370. The normalized spacial score (nSPS) is 19.4. The van der Waals surface area contributed by atoms with E-state index in [0.29, 0.717) is 13.2 Å². The van der Waals surface area contributed by atoms with Crippen LogP contribution in [0.25, 0.3) is 0 Å². The molecule has 1 aromatic rings. The van der Waals surface area contributed by atoms with Crippen LogP contribution in [0.2, 0.25) is 0 Å². The summed E-state index contributed by atoms with van der Waals surface area (Å²) in [6.07, 6.45) is 0.269. The van der Waals surface area contributed by atoms with Gasteiger partial charge in [-0.15, -0.1) is 0 Å². The summed E-state index contributed by atoms with van der Waals surface area (Å²) in [6, 6.07) is 5.90. The second-order valence-corrected chi connectivity index (χ2v) is 6.06. The zero-order chi connectivity index (χ0) is 16.3. The zero-order valence-corrected chi connectivity index (χ0v) is 13.7. The summed E-state index contributed by atoms with van der Waals surface area (Å²) in [4.78, 5) is 26.2. The predicted molar refractivity (Wildman–Crippen MR) is 85.7 cm³/mol. The first-order valence-electron chi connectivity index (χ1n) is 7.59. The third-order valence-corrected chi connectivity index (χ3v) is 4.11. The van der Waals surface area contributed by atoms with Gasteiger partial charge < -0.3 is 15.0 Å².